The second kappa shape index (κ2) is 7.82. The second-order valence-corrected chi connectivity index (χ2v) is 6.74. The molecule has 1 heterocycles. The highest BCUT2D eigenvalue weighted by molar-refractivity contribution is 6.30. The lowest BCUT2D eigenvalue weighted by Crippen LogP contribution is -2.41. The molecule has 1 atom stereocenters. The molecule has 126 valence electrons. The number of halogens is 1. The van der Waals surface area contributed by atoms with Gasteiger partial charge >= 0.3 is 0 Å². The molecule has 1 aliphatic heterocycles. The molecule has 24 heavy (non-hydrogen) atoms. The maximum absolute atomic E-state index is 12.5. The molecule has 2 aromatic carbocycles. The Balaban J connectivity index is 1.78. The van der Waals surface area contributed by atoms with Crippen LogP contribution < -0.4 is 5.32 Å². The highest BCUT2D eigenvalue weighted by Crippen LogP contribution is 2.34. The van der Waals surface area contributed by atoms with Crippen molar-refractivity contribution in [3.05, 3.63) is 70.7 Å². The molecule has 3 rings (SSSR count). The maximum atomic E-state index is 12.5. The summed E-state index contributed by atoms with van der Waals surface area (Å²) in [5.74, 6) is -0.0852. The van der Waals surface area contributed by atoms with Crippen LogP contribution in [-0.4, -0.2) is 25.7 Å². The molecular weight excluding hydrogens is 322 g/mol. The molecular formula is C20H22ClNO2. The minimum absolute atomic E-state index is 0.0774. The predicted octanol–water partition coefficient (Wildman–Crippen LogP) is 4.21. The van der Waals surface area contributed by atoms with Crippen molar-refractivity contribution in [1.82, 2.24) is 5.32 Å². The molecule has 0 bridgehead atoms. The molecule has 1 amide bonds. The van der Waals surface area contributed by atoms with Crippen molar-refractivity contribution in [2.45, 2.75) is 24.7 Å². The van der Waals surface area contributed by atoms with Gasteiger partial charge in [-0.25, -0.2) is 0 Å². The number of rotatable bonds is 4. The molecule has 3 nitrogen and oxygen atoms in total. The number of ether oxygens (including phenoxy) is 1. The number of carbonyl (C=O) groups is 1. The van der Waals surface area contributed by atoms with Crippen molar-refractivity contribution in [2.24, 2.45) is 0 Å². The van der Waals surface area contributed by atoms with Crippen molar-refractivity contribution in [1.29, 1.82) is 0 Å². The lowest BCUT2D eigenvalue weighted by atomic mass is 9.74. The van der Waals surface area contributed by atoms with Gasteiger partial charge in [-0.1, -0.05) is 48.0 Å². The van der Waals surface area contributed by atoms with Crippen LogP contribution in [0.25, 0.3) is 0 Å². The Hall–Kier alpha value is -1.84. The molecule has 1 aliphatic rings. The third-order valence-electron chi connectivity index (χ3n) is 4.73. The monoisotopic (exact) mass is 343 g/mol. The zero-order valence-electron chi connectivity index (χ0n) is 13.6. The Morgan fingerprint density at radius 2 is 1.92 bits per heavy atom. The van der Waals surface area contributed by atoms with E-state index in [0.29, 0.717) is 17.1 Å². The molecule has 0 aliphatic carbocycles. The number of nitrogens with one attached hydrogen (secondary N) is 1. The summed E-state index contributed by atoms with van der Waals surface area (Å²) in [5, 5.41) is 3.68. The number of amides is 1. The van der Waals surface area contributed by atoms with Gasteiger partial charge in [-0.05, 0) is 43.0 Å². The van der Waals surface area contributed by atoms with Crippen LogP contribution in [0, 0.1) is 0 Å². The molecule has 2 aromatic rings. The molecule has 1 unspecified atom stereocenters. The van der Waals surface area contributed by atoms with E-state index in [1.165, 1.54) is 5.56 Å². The number of carbonyl (C=O) groups excluding carboxylic acids is 1. The summed E-state index contributed by atoms with van der Waals surface area (Å²) in [6.07, 6.45) is 2.92. The van der Waals surface area contributed by atoms with Crippen molar-refractivity contribution in [3.63, 3.8) is 0 Å². The molecule has 1 N–H and O–H groups in total. The minimum atomic E-state index is -0.0852. The van der Waals surface area contributed by atoms with Crippen LogP contribution in [0.3, 0.4) is 0 Å². The van der Waals surface area contributed by atoms with Crippen molar-refractivity contribution in [3.8, 4) is 0 Å². The van der Waals surface area contributed by atoms with E-state index < -0.39 is 0 Å². The highest BCUT2D eigenvalue weighted by atomic mass is 35.5. The van der Waals surface area contributed by atoms with Gasteiger partial charge in [0, 0.05) is 35.8 Å². The molecule has 4 heteroatoms. The topological polar surface area (TPSA) is 38.3 Å². The Labute approximate surface area is 148 Å². The summed E-state index contributed by atoms with van der Waals surface area (Å²) in [6.45, 7) is 2.12. The van der Waals surface area contributed by atoms with E-state index in [9.17, 15) is 4.79 Å². The average Bonchev–Trinajstić information content (AvgIpc) is 2.87. The van der Waals surface area contributed by atoms with E-state index in [1.807, 2.05) is 6.07 Å². The largest absolute Gasteiger partial charge is 0.381 e. The fourth-order valence-electron chi connectivity index (χ4n) is 3.35. The van der Waals surface area contributed by atoms with E-state index in [4.69, 9.17) is 16.3 Å². The Morgan fingerprint density at radius 3 is 2.71 bits per heavy atom. The smallest absolute Gasteiger partial charge is 0.251 e. The van der Waals surface area contributed by atoms with Crippen LogP contribution in [-0.2, 0) is 10.2 Å². The Morgan fingerprint density at radius 1 is 1.08 bits per heavy atom. The standard InChI is InChI=1S/C20H22ClNO2/c21-18-9-4-6-16(14-18)19(23)22-15-20(10-5-12-24-13-11-20)17-7-2-1-3-8-17/h1-4,6-9,14H,5,10-13,15H2,(H,22,23). The Kier molecular flexibility index (Phi) is 5.54. The van der Waals surface area contributed by atoms with Gasteiger partial charge in [0.1, 0.15) is 0 Å². The third kappa shape index (κ3) is 3.97. The third-order valence-corrected chi connectivity index (χ3v) is 4.96. The zero-order valence-corrected chi connectivity index (χ0v) is 14.4. The van der Waals surface area contributed by atoms with Crippen LogP contribution in [0.5, 0.6) is 0 Å². The molecule has 0 radical (unpaired) electrons. The molecule has 0 saturated carbocycles. The van der Waals surface area contributed by atoms with Crippen molar-refractivity contribution < 1.29 is 9.53 Å². The van der Waals surface area contributed by atoms with Crippen LogP contribution in [0.1, 0.15) is 35.2 Å². The lowest BCUT2D eigenvalue weighted by molar-refractivity contribution is 0.0937. The van der Waals surface area contributed by atoms with Gasteiger partial charge < -0.3 is 10.1 Å². The van der Waals surface area contributed by atoms with Crippen molar-refractivity contribution in [2.75, 3.05) is 19.8 Å². The second-order valence-electron chi connectivity index (χ2n) is 6.31. The molecule has 1 saturated heterocycles. The number of hydrogen-bond acceptors (Lipinski definition) is 2. The number of hydrogen-bond donors (Lipinski definition) is 1. The highest BCUT2D eigenvalue weighted by Gasteiger charge is 2.33. The zero-order chi connectivity index (χ0) is 16.8. The first-order valence-corrected chi connectivity index (χ1v) is 8.74. The van der Waals surface area contributed by atoms with Crippen molar-refractivity contribution >= 4 is 17.5 Å². The fourth-order valence-corrected chi connectivity index (χ4v) is 3.54. The SMILES string of the molecule is O=C(NCC1(c2ccccc2)CCCOCC1)c1cccc(Cl)c1. The summed E-state index contributed by atoms with van der Waals surface area (Å²) in [6, 6.07) is 17.5. The normalized spacial score (nSPS) is 21.0. The van der Waals surface area contributed by atoms with Gasteiger partial charge in [0.25, 0.3) is 5.91 Å². The van der Waals surface area contributed by atoms with Crippen LogP contribution in [0.4, 0.5) is 0 Å². The van der Waals surface area contributed by atoms with E-state index >= 15 is 0 Å². The molecule has 0 spiro atoms. The first kappa shape index (κ1) is 17.0. The lowest BCUT2D eigenvalue weighted by Gasteiger charge is -2.33. The fraction of sp³-hybridized carbons (Fsp3) is 0.350. The summed E-state index contributed by atoms with van der Waals surface area (Å²) in [5.41, 5.74) is 1.78. The van der Waals surface area contributed by atoms with Gasteiger partial charge in [-0.2, -0.15) is 0 Å². The summed E-state index contributed by atoms with van der Waals surface area (Å²) < 4.78 is 5.65. The van der Waals surface area contributed by atoms with Gasteiger partial charge in [0.15, 0.2) is 0 Å². The van der Waals surface area contributed by atoms with Gasteiger partial charge in [-0.3, -0.25) is 4.79 Å². The first-order valence-electron chi connectivity index (χ1n) is 8.37. The molecule has 1 fully saturated rings. The number of benzene rings is 2. The van der Waals surface area contributed by atoms with E-state index in [1.54, 1.807) is 24.3 Å². The average molecular weight is 344 g/mol. The summed E-state index contributed by atoms with van der Waals surface area (Å²) in [4.78, 5) is 12.5. The molecule has 0 aromatic heterocycles. The van der Waals surface area contributed by atoms with Crippen LogP contribution >= 0.6 is 11.6 Å². The van der Waals surface area contributed by atoms with E-state index in [-0.39, 0.29) is 11.3 Å². The van der Waals surface area contributed by atoms with Gasteiger partial charge in [-0.15, -0.1) is 0 Å². The first-order chi connectivity index (χ1) is 11.7. The summed E-state index contributed by atoms with van der Waals surface area (Å²) >= 11 is 5.99. The van der Waals surface area contributed by atoms with Crippen LogP contribution in [0.2, 0.25) is 5.02 Å². The Bertz CT molecular complexity index is 679. The van der Waals surface area contributed by atoms with Gasteiger partial charge in [0.2, 0.25) is 0 Å². The maximum Gasteiger partial charge on any atom is 0.251 e. The predicted molar refractivity (Wildman–Crippen MR) is 96.6 cm³/mol. The quantitative estimate of drug-likeness (QED) is 0.903. The van der Waals surface area contributed by atoms with E-state index in [2.05, 4.69) is 29.6 Å². The van der Waals surface area contributed by atoms with Gasteiger partial charge in [0.05, 0.1) is 0 Å². The minimum Gasteiger partial charge on any atom is -0.381 e. The van der Waals surface area contributed by atoms with Crippen LogP contribution in [0.15, 0.2) is 54.6 Å². The van der Waals surface area contributed by atoms with E-state index in [0.717, 1.165) is 32.5 Å². The summed E-state index contributed by atoms with van der Waals surface area (Å²) in [7, 11) is 0.